The van der Waals surface area contributed by atoms with Crippen LogP contribution in [0, 0.1) is 0 Å². The Morgan fingerprint density at radius 1 is 1.44 bits per heavy atom. The molecule has 1 saturated heterocycles. The Labute approximate surface area is 107 Å². The Morgan fingerprint density at radius 2 is 2.22 bits per heavy atom. The third-order valence-electron chi connectivity index (χ3n) is 3.25. The average Bonchev–Trinajstić information content (AvgIpc) is 2.97. The molecule has 0 saturated carbocycles. The van der Waals surface area contributed by atoms with Crippen molar-refractivity contribution < 1.29 is 14.0 Å². The molecule has 2 atom stereocenters. The normalized spacial score (nSPS) is 24.7. The zero-order chi connectivity index (χ0) is 13.2. The van der Waals surface area contributed by atoms with Crippen molar-refractivity contribution in [1.29, 1.82) is 0 Å². The molecule has 2 rings (SSSR count). The molecule has 0 radical (unpaired) electrons. The van der Waals surface area contributed by atoms with E-state index in [2.05, 4.69) is 15.5 Å². The topological polar surface area (TPSA) is 69.4 Å². The highest BCUT2D eigenvalue weighted by atomic mass is 16.5. The Hall–Kier alpha value is -0.980. The van der Waals surface area contributed by atoms with Crippen molar-refractivity contribution in [2.24, 2.45) is 0 Å². The molecule has 0 amide bonds. The molecule has 102 valence electrons. The minimum atomic E-state index is -0.523. The van der Waals surface area contributed by atoms with Crippen LogP contribution >= 0.6 is 0 Å². The summed E-state index contributed by atoms with van der Waals surface area (Å²) in [4.78, 5) is 4.46. The second kappa shape index (κ2) is 5.34. The molecule has 1 fully saturated rings. The predicted molar refractivity (Wildman–Crippen MR) is 65.4 cm³/mol. The molecule has 1 aliphatic rings. The maximum absolute atomic E-state index is 5.61. The zero-order valence-electron chi connectivity index (χ0n) is 11.4. The van der Waals surface area contributed by atoms with Crippen molar-refractivity contribution in [2.45, 2.75) is 38.3 Å². The molecule has 0 bridgehead atoms. The first-order chi connectivity index (χ1) is 8.58. The van der Waals surface area contributed by atoms with Gasteiger partial charge >= 0.3 is 0 Å². The van der Waals surface area contributed by atoms with Crippen molar-refractivity contribution in [3.63, 3.8) is 0 Å². The summed E-state index contributed by atoms with van der Waals surface area (Å²) < 4.78 is 16.4. The fraction of sp³-hybridized carbons (Fsp3) is 0.833. The number of hydrogen-bond acceptors (Lipinski definition) is 6. The summed E-state index contributed by atoms with van der Waals surface area (Å²) in [6.07, 6.45) is 0. The van der Waals surface area contributed by atoms with Crippen LogP contribution < -0.4 is 5.32 Å². The summed E-state index contributed by atoms with van der Waals surface area (Å²) in [6.45, 7) is 7.72. The standard InChI is InChI=1S/C12H21N3O3/c1-5-17-12(2,3)11-14-10(18-15-11)8-6-16-7-9(8)13-4/h8-9,13H,5-7H2,1-4H3. The van der Waals surface area contributed by atoms with Crippen molar-refractivity contribution >= 4 is 0 Å². The van der Waals surface area contributed by atoms with E-state index in [0.717, 1.165) is 0 Å². The van der Waals surface area contributed by atoms with Crippen LogP contribution in [0.5, 0.6) is 0 Å². The molecular formula is C12H21N3O3. The van der Waals surface area contributed by atoms with Gasteiger partial charge in [-0.25, -0.2) is 0 Å². The van der Waals surface area contributed by atoms with E-state index in [0.29, 0.717) is 31.5 Å². The molecule has 1 aliphatic heterocycles. The van der Waals surface area contributed by atoms with Crippen LogP contribution in [0.25, 0.3) is 0 Å². The highest BCUT2D eigenvalue weighted by molar-refractivity contribution is 5.05. The molecule has 1 aromatic rings. The van der Waals surface area contributed by atoms with E-state index >= 15 is 0 Å². The Morgan fingerprint density at radius 3 is 2.89 bits per heavy atom. The van der Waals surface area contributed by atoms with Crippen molar-refractivity contribution in [2.75, 3.05) is 26.9 Å². The monoisotopic (exact) mass is 255 g/mol. The highest BCUT2D eigenvalue weighted by Crippen LogP contribution is 2.27. The quantitative estimate of drug-likeness (QED) is 0.848. The zero-order valence-corrected chi connectivity index (χ0v) is 11.4. The fourth-order valence-electron chi connectivity index (χ4n) is 2.14. The van der Waals surface area contributed by atoms with Gasteiger partial charge in [0, 0.05) is 12.6 Å². The Kier molecular flexibility index (Phi) is 3.99. The molecule has 1 aromatic heterocycles. The van der Waals surface area contributed by atoms with Crippen LogP contribution in [0.15, 0.2) is 4.52 Å². The maximum Gasteiger partial charge on any atom is 0.233 e. The first kappa shape index (κ1) is 13.5. The lowest BCUT2D eigenvalue weighted by Gasteiger charge is -2.19. The molecule has 0 aliphatic carbocycles. The minimum absolute atomic E-state index is 0.119. The Bertz CT molecular complexity index is 392. The number of hydrogen-bond donors (Lipinski definition) is 1. The van der Waals surface area contributed by atoms with Gasteiger partial charge in [0.2, 0.25) is 11.7 Å². The fourth-order valence-corrected chi connectivity index (χ4v) is 2.14. The number of rotatable bonds is 5. The smallest absolute Gasteiger partial charge is 0.233 e. The summed E-state index contributed by atoms with van der Waals surface area (Å²) in [6, 6.07) is 0.230. The summed E-state index contributed by atoms with van der Waals surface area (Å²) >= 11 is 0. The molecule has 2 unspecified atom stereocenters. The predicted octanol–water partition coefficient (Wildman–Crippen LogP) is 1.04. The van der Waals surface area contributed by atoms with Crippen LogP contribution in [-0.2, 0) is 15.1 Å². The van der Waals surface area contributed by atoms with Gasteiger partial charge in [-0.1, -0.05) is 5.16 Å². The summed E-state index contributed by atoms with van der Waals surface area (Å²) in [5.74, 6) is 1.32. The molecule has 18 heavy (non-hydrogen) atoms. The number of aromatic nitrogens is 2. The summed E-state index contributed by atoms with van der Waals surface area (Å²) in [5, 5.41) is 7.23. The van der Waals surface area contributed by atoms with E-state index in [-0.39, 0.29) is 12.0 Å². The van der Waals surface area contributed by atoms with Gasteiger partial charge in [0.15, 0.2) is 0 Å². The van der Waals surface area contributed by atoms with Gasteiger partial charge in [-0.3, -0.25) is 0 Å². The summed E-state index contributed by atoms with van der Waals surface area (Å²) in [7, 11) is 1.91. The van der Waals surface area contributed by atoms with Crippen molar-refractivity contribution in [3.05, 3.63) is 11.7 Å². The number of nitrogens with one attached hydrogen (secondary N) is 1. The van der Waals surface area contributed by atoms with E-state index in [9.17, 15) is 0 Å². The van der Waals surface area contributed by atoms with Gasteiger partial charge in [0.25, 0.3) is 0 Å². The number of ether oxygens (including phenoxy) is 2. The molecular weight excluding hydrogens is 234 g/mol. The molecule has 6 nitrogen and oxygen atoms in total. The van der Waals surface area contributed by atoms with Gasteiger partial charge < -0.3 is 19.3 Å². The van der Waals surface area contributed by atoms with E-state index in [1.165, 1.54) is 0 Å². The van der Waals surface area contributed by atoms with Gasteiger partial charge in [-0.2, -0.15) is 4.98 Å². The SMILES string of the molecule is CCOC(C)(C)c1noc(C2COCC2NC)n1. The first-order valence-electron chi connectivity index (χ1n) is 6.31. The van der Waals surface area contributed by atoms with E-state index in [1.54, 1.807) is 0 Å². The molecule has 0 spiro atoms. The second-order valence-corrected chi connectivity index (χ2v) is 4.94. The largest absolute Gasteiger partial charge is 0.379 e. The third kappa shape index (κ3) is 2.55. The van der Waals surface area contributed by atoms with Crippen LogP contribution in [0.1, 0.15) is 38.4 Å². The van der Waals surface area contributed by atoms with Crippen LogP contribution in [-0.4, -0.2) is 43.1 Å². The lowest BCUT2D eigenvalue weighted by atomic mass is 10.0. The second-order valence-electron chi connectivity index (χ2n) is 4.94. The van der Waals surface area contributed by atoms with Gasteiger partial charge in [0.05, 0.1) is 19.1 Å². The van der Waals surface area contributed by atoms with Crippen LogP contribution in [0.2, 0.25) is 0 Å². The molecule has 6 heteroatoms. The van der Waals surface area contributed by atoms with Gasteiger partial charge in [-0.05, 0) is 27.8 Å². The highest BCUT2D eigenvalue weighted by Gasteiger charge is 2.35. The maximum atomic E-state index is 5.61. The van der Waals surface area contributed by atoms with Crippen LogP contribution in [0.4, 0.5) is 0 Å². The van der Waals surface area contributed by atoms with Crippen molar-refractivity contribution in [3.8, 4) is 0 Å². The number of nitrogens with zero attached hydrogens (tertiary/aromatic N) is 2. The van der Waals surface area contributed by atoms with E-state index in [4.69, 9.17) is 14.0 Å². The molecule has 1 N–H and O–H groups in total. The average molecular weight is 255 g/mol. The molecule has 2 heterocycles. The van der Waals surface area contributed by atoms with Crippen molar-refractivity contribution in [1.82, 2.24) is 15.5 Å². The lowest BCUT2D eigenvalue weighted by Crippen LogP contribution is -2.31. The summed E-state index contributed by atoms with van der Waals surface area (Å²) in [5.41, 5.74) is -0.523. The van der Waals surface area contributed by atoms with Crippen LogP contribution in [0.3, 0.4) is 0 Å². The third-order valence-corrected chi connectivity index (χ3v) is 3.25. The first-order valence-corrected chi connectivity index (χ1v) is 6.31. The van der Waals surface area contributed by atoms with Gasteiger partial charge in [0.1, 0.15) is 5.60 Å². The van der Waals surface area contributed by atoms with Gasteiger partial charge in [-0.15, -0.1) is 0 Å². The molecule has 0 aromatic carbocycles. The minimum Gasteiger partial charge on any atom is -0.379 e. The Balaban J connectivity index is 2.15. The van der Waals surface area contributed by atoms with E-state index in [1.807, 2.05) is 27.8 Å². The van der Waals surface area contributed by atoms with E-state index < -0.39 is 5.60 Å². The number of likely N-dealkylation sites (N-methyl/N-ethyl adjacent to an activating group) is 1. The lowest BCUT2D eigenvalue weighted by molar-refractivity contribution is -0.0221.